The van der Waals surface area contributed by atoms with Crippen LogP contribution >= 0.6 is 0 Å². The first-order chi connectivity index (χ1) is 10.9. The minimum Gasteiger partial charge on any atom is -0.294 e. The smallest absolute Gasteiger partial charge is 0.164 e. The zero-order chi connectivity index (χ0) is 14.9. The van der Waals surface area contributed by atoms with Crippen molar-refractivity contribution in [3.63, 3.8) is 0 Å². The summed E-state index contributed by atoms with van der Waals surface area (Å²) in [6.45, 7) is 4.42. The lowest BCUT2D eigenvalue weighted by molar-refractivity contribution is 0.261. The third kappa shape index (κ3) is 2.09. The van der Waals surface area contributed by atoms with Gasteiger partial charge in [-0.15, -0.1) is 0 Å². The third-order valence-electron chi connectivity index (χ3n) is 4.43. The van der Waals surface area contributed by atoms with Crippen LogP contribution in [0.25, 0.3) is 16.9 Å². The van der Waals surface area contributed by atoms with Crippen LogP contribution in [0.2, 0.25) is 0 Å². The van der Waals surface area contributed by atoms with Gasteiger partial charge in [0.1, 0.15) is 11.3 Å². The molecule has 1 saturated heterocycles. The topological polar surface area (TPSA) is 46.8 Å². The fourth-order valence-corrected chi connectivity index (χ4v) is 3.40. The van der Waals surface area contributed by atoms with Gasteiger partial charge in [0.15, 0.2) is 5.65 Å². The zero-order valence-corrected chi connectivity index (χ0v) is 12.7. The molecule has 4 heterocycles. The molecule has 0 amide bonds. The lowest BCUT2D eigenvalue weighted by atomic mass is 10.2. The van der Waals surface area contributed by atoms with Crippen LogP contribution in [0.4, 0.5) is 0 Å². The molecule has 1 atom stereocenters. The largest absolute Gasteiger partial charge is 0.294 e. The van der Waals surface area contributed by atoms with Gasteiger partial charge in [-0.25, -0.2) is 9.97 Å². The zero-order valence-electron chi connectivity index (χ0n) is 12.7. The number of pyridine rings is 2. The van der Waals surface area contributed by atoms with E-state index in [0.717, 1.165) is 42.2 Å². The molecule has 0 spiro atoms. The summed E-state index contributed by atoms with van der Waals surface area (Å²) in [7, 11) is 0. The van der Waals surface area contributed by atoms with E-state index in [9.17, 15) is 0 Å². The van der Waals surface area contributed by atoms with Crippen molar-refractivity contribution >= 4 is 11.2 Å². The lowest BCUT2D eigenvalue weighted by Gasteiger charge is -2.23. The van der Waals surface area contributed by atoms with Gasteiger partial charge in [0, 0.05) is 18.6 Å². The van der Waals surface area contributed by atoms with Crippen molar-refractivity contribution in [2.75, 3.05) is 13.1 Å². The van der Waals surface area contributed by atoms with Crippen LogP contribution in [-0.2, 0) is 0 Å². The van der Waals surface area contributed by atoms with E-state index >= 15 is 0 Å². The SMILES string of the molecule is CCN1CCCC1c1nc2cccnc2n1-c1ccncc1. The van der Waals surface area contributed by atoms with E-state index in [-0.39, 0.29) is 0 Å². The van der Waals surface area contributed by atoms with Crippen LogP contribution < -0.4 is 0 Å². The molecule has 0 N–H and O–H groups in total. The minimum absolute atomic E-state index is 0.368. The van der Waals surface area contributed by atoms with Gasteiger partial charge in [-0.1, -0.05) is 6.92 Å². The van der Waals surface area contributed by atoms with Gasteiger partial charge in [0.2, 0.25) is 0 Å². The summed E-state index contributed by atoms with van der Waals surface area (Å²) in [5.74, 6) is 1.10. The van der Waals surface area contributed by atoms with E-state index in [1.165, 1.54) is 6.42 Å². The predicted octanol–water partition coefficient (Wildman–Crippen LogP) is 2.97. The minimum atomic E-state index is 0.368. The molecule has 0 saturated carbocycles. The summed E-state index contributed by atoms with van der Waals surface area (Å²) in [5, 5.41) is 0. The average Bonchev–Trinajstić information content (AvgIpc) is 3.19. The summed E-state index contributed by atoms with van der Waals surface area (Å²) < 4.78 is 2.19. The summed E-state index contributed by atoms with van der Waals surface area (Å²) in [6, 6.07) is 8.39. The Morgan fingerprint density at radius 2 is 2.05 bits per heavy atom. The van der Waals surface area contributed by atoms with Crippen LogP contribution in [0.5, 0.6) is 0 Å². The standard InChI is InChI=1S/C17H19N5/c1-2-21-12-4-6-15(21)17-20-14-5-3-9-19-16(14)22(17)13-7-10-18-11-8-13/h3,5,7-11,15H,2,4,6,12H2,1H3. The molecule has 5 nitrogen and oxygen atoms in total. The second-order valence-corrected chi connectivity index (χ2v) is 5.64. The number of imidazole rings is 1. The van der Waals surface area contributed by atoms with E-state index in [1.54, 1.807) is 0 Å². The Labute approximate surface area is 129 Å². The highest BCUT2D eigenvalue weighted by Gasteiger charge is 2.30. The highest BCUT2D eigenvalue weighted by molar-refractivity contribution is 5.73. The van der Waals surface area contributed by atoms with Gasteiger partial charge in [-0.2, -0.15) is 0 Å². The number of aromatic nitrogens is 4. The highest BCUT2D eigenvalue weighted by Crippen LogP contribution is 2.34. The molecule has 22 heavy (non-hydrogen) atoms. The molecule has 0 aromatic carbocycles. The number of fused-ring (bicyclic) bond motifs is 1. The quantitative estimate of drug-likeness (QED) is 0.745. The maximum absolute atomic E-state index is 4.91. The van der Waals surface area contributed by atoms with Crippen LogP contribution in [0.15, 0.2) is 42.9 Å². The third-order valence-corrected chi connectivity index (χ3v) is 4.43. The fraction of sp³-hybridized carbons (Fsp3) is 0.353. The maximum Gasteiger partial charge on any atom is 0.164 e. The normalized spacial score (nSPS) is 19.0. The van der Waals surface area contributed by atoms with Gasteiger partial charge in [0.25, 0.3) is 0 Å². The van der Waals surface area contributed by atoms with Gasteiger partial charge < -0.3 is 0 Å². The van der Waals surface area contributed by atoms with E-state index in [1.807, 2.05) is 42.9 Å². The molecule has 0 radical (unpaired) electrons. The molecule has 0 bridgehead atoms. The molecular formula is C17H19N5. The molecule has 1 aliphatic heterocycles. The van der Waals surface area contributed by atoms with Crippen LogP contribution in [0.1, 0.15) is 31.6 Å². The first kappa shape index (κ1) is 13.4. The Balaban J connectivity index is 1.94. The van der Waals surface area contributed by atoms with Crippen LogP contribution in [0.3, 0.4) is 0 Å². The first-order valence-electron chi connectivity index (χ1n) is 7.86. The number of nitrogens with zero attached hydrogens (tertiary/aromatic N) is 5. The van der Waals surface area contributed by atoms with Crippen molar-refractivity contribution in [1.82, 2.24) is 24.4 Å². The summed E-state index contributed by atoms with van der Waals surface area (Å²) >= 11 is 0. The van der Waals surface area contributed by atoms with Crippen molar-refractivity contribution in [2.24, 2.45) is 0 Å². The Bertz CT molecular complexity index is 780. The molecule has 0 aliphatic carbocycles. The number of likely N-dealkylation sites (tertiary alicyclic amines) is 1. The first-order valence-corrected chi connectivity index (χ1v) is 7.86. The lowest BCUT2D eigenvalue weighted by Crippen LogP contribution is -2.25. The van der Waals surface area contributed by atoms with E-state index in [0.29, 0.717) is 6.04 Å². The Hall–Kier alpha value is -2.27. The Morgan fingerprint density at radius 1 is 1.18 bits per heavy atom. The second kappa shape index (κ2) is 5.50. The molecule has 3 aromatic rings. The molecule has 1 aliphatic rings. The van der Waals surface area contributed by atoms with E-state index < -0.39 is 0 Å². The van der Waals surface area contributed by atoms with Crippen LogP contribution in [0, 0.1) is 0 Å². The van der Waals surface area contributed by atoms with Gasteiger partial charge in [-0.3, -0.25) is 14.5 Å². The van der Waals surface area contributed by atoms with Crippen molar-refractivity contribution in [1.29, 1.82) is 0 Å². The second-order valence-electron chi connectivity index (χ2n) is 5.64. The molecule has 1 fully saturated rings. The summed E-state index contributed by atoms with van der Waals surface area (Å²) in [6.07, 6.45) is 7.85. The number of hydrogen-bond donors (Lipinski definition) is 0. The van der Waals surface area contributed by atoms with Crippen molar-refractivity contribution in [2.45, 2.75) is 25.8 Å². The monoisotopic (exact) mass is 293 g/mol. The van der Waals surface area contributed by atoms with Crippen molar-refractivity contribution in [3.8, 4) is 5.69 Å². The van der Waals surface area contributed by atoms with E-state index in [4.69, 9.17) is 4.98 Å². The molecule has 1 unspecified atom stereocenters. The summed E-state index contributed by atoms with van der Waals surface area (Å²) in [4.78, 5) is 16.1. The summed E-state index contributed by atoms with van der Waals surface area (Å²) in [5.41, 5.74) is 2.96. The number of rotatable bonds is 3. The average molecular weight is 293 g/mol. The van der Waals surface area contributed by atoms with Crippen molar-refractivity contribution in [3.05, 3.63) is 48.7 Å². The Morgan fingerprint density at radius 3 is 2.86 bits per heavy atom. The Kier molecular flexibility index (Phi) is 3.35. The molecule has 3 aromatic heterocycles. The van der Waals surface area contributed by atoms with Crippen molar-refractivity contribution < 1.29 is 0 Å². The molecule has 4 rings (SSSR count). The molecular weight excluding hydrogens is 274 g/mol. The van der Waals surface area contributed by atoms with E-state index in [2.05, 4.69) is 26.4 Å². The highest BCUT2D eigenvalue weighted by atomic mass is 15.2. The number of hydrogen-bond acceptors (Lipinski definition) is 4. The predicted molar refractivity (Wildman–Crippen MR) is 85.9 cm³/mol. The van der Waals surface area contributed by atoms with Gasteiger partial charge >= 0.3 is 0 Å². The van der Waals surface area contributed by atoms with Gasteiger partial charge in [-0.05, 0) is 50.2 Å². The maximum atomic E-state index is 4.91. The molecule has 5 heteroatoms. The molecule has 112 valence electrons. The fourth-order valence-electron chi connectivity index (χ4n) is 3.40. The van der Waals surface area contributed by atoms with Crippen LogP contribution in [-0.4, -0.2) is 37.5 Å². The van der Waals surface area contributed by atoms with Gasteiger partial charge in [0.05, 0.1) is 11.7 Å².